The van der Waals surface area contributed by atoms with Gasteiger partial charge in [-0.1, -0.05) is 11.6 Å². The summed E-state index contributed by atoms with van der Waals surface area (Å²) in [5, 5.41) is 26.4. The summed E-state index contributed by atoms with van der Waals surface area (Å²) < 4.78 is 37.2. The number of anilines is 1. The molecule has 0 aliphatic carbocycles. The molecule has 1 unspecified atom stereocenters. The zero-order chi connectivity index (χ0) is 25.2. The van der Waals surface area contributed by atoms with Crippen molar-refractivity contribution in [3.8, 4) is 11.9 Å². The summed E-state index contributed by atoms with van der Waals surface area (Å²) in [7, 11) is -3.70. The van der Waals surface area contributed by atoms with Crippen LogP contribution in [-0.4, -0.2) is 54.7 Å². The molecule has 0 spiro atoms. The van der Waals surface area contributed by atoms with E-state index in [2.05, 4.69) is 15.6 Å². The Morgan fingerprint density at radius 1 is 1.29 bits per heavy atom. The number of aliphatic hydroxyl groups excluding tert-OH is 1. The van der Waals surface area contributed by atoms with Crippen molar-refractivity contribution < 1.29 is 23.0 Å². The van der Waals surface area contributed by atoms with Crippen LogP contribution in [0.5, 0.6) is 5.75 Å². The molecule has 3 N–H and O–H groups in total. The molecule has 35 heavy (non-hydrogen) atoms. The second kappa shape index (κ2) is 10.2. The van der Waals surface area contributed by atoms with Crippen LogP contribution < -0.4 is 15.4 Å². The predicted molar refractivity (Wildman–Crippen MR) is 135 cm³/mol. The van der Waals surface area contributed by atoms with Gasteiger partial charge in [-0.3, -0.25) is 5.32 Å². The van der Waals surface area contributed by atoms with Gasteiger partial charge < -0.3 is 19.9 Å². The van der Waals surface area contributed by atoms with Crippen molar-refractivity contribution in [1.82, 2.24) is 5.32 Å². The van der Waals surface area contributed by atoms with Crippen LogP contribution >= 0.6 is 23.4 Å². The van der Waals surface area contributed by atoms with Gasteiger partial charge in [-0.2, -0.15) is 5.26 Å². The van der Waals surface area contributed by atoms with Crippen LogP contribution in [0.2, 0.25) is 5.02 Å². The smallest absolute Gasteiger partial charge is 0.209 e. The van der Waals surface area contributed by atoms with E-state index in [1.165, 1.54) is 23.9 Å². The molecule has 2 aliphatic heterocycles. The Morgan fingerprint density at radius 3 is 2.69 bits per heavy atom. The molecule has 2 heterocycles. The highest BCUT2D eigenvalue weighted by Gasteiger charge is 2.44. The lowest BCUT2D eigenvalue weighted by atomic mass is 9.87. The van der Waals surface area contributed by atoms with Crippen molar-refractivity contribution in [3.05, 3.63) is 53.1 Å². The van der Waals surface area contributed by atoms with E-state index >= 15 is 0 Å². The van der Waals surface area contributed by atoms with E-state index in [9.17, 15) is 18.8 Å². The Kier molecular flexibility index (Phi) is 7.49. The molecule has 3 atom stereocenters. The summed E-state index contributed by atoms with van der Waals surface area (Å²) in [5.41, 5.74) is -0.00974. The number of halogens is 1. The van der Waals surface area contributed by atoms with Crippen LogP contribution in [0.25, 0.3) is 0 Å². The van der Waals surface area contributed by atoms with E-state index in [1.54, 1.807) is 44.2 Å². The van der Waals surface area contributed by atoms with Gasteiger partial charge in [0, 0.05) is 22.0 Å². The third-order valence-electron chi connectivity index (χ3n) is 5.69. The number of aliphatic imine (C=N–C) groups is 1. The first-order valence-corrected chi connectivity index (χ1v) is 13.8. The summed E-state index contributed by atoms with van der Waals surface area (Å²) >= 11 is 7.28. The molecule has 1 fully saturated rings. The highest BCUT2D eigenvalue weighted by atomic mass is 35.5. The minimum Gasteiger partial charge on any atom is -0.485 e. The van der Waals surface area contributed by atoms with Crippen LogP contribution in [0, 0.1) is 11.5 Å². The SMILES string of the molecule is CC1(C)Oc2ccc(S(=O)(=O)C3COCCS3)cc2[C@@H](N=C(NC#N)Nc2ccc(Cl)cc2)[C@@H]1O. The maximum atomic E-state index is 13.3. The maximum Gasteiger partial charge on any atom is 0.209 e. The largest absolute Gasteiger partial charge is 0.485 e. The number of rotatable bonds is 4. The molecule has 0 bridgehead atoms. The van der Waals surface area contributed by atoms with Gasteiger partial charge in [0.2, 0.25) is 5.96 Å². The van der Waals surface area contributed by atoms with Crippen molar-refractivity contribution in [2.24, 2.45) is 4.99 Å². The van der Waals surface area contributed by atoms with Gasteiger partial charge in [0.05, 0.1) is 18.1 Å². The fraction of sp³-hybridized carbons (Fsp3) is 0.391. The third kappa shape index (κ3) is 5.52. The minimum absolute atomic E-state index is 0.0759. The maximum absolute atomic E-state index is 13.3. The quantitative estimate of drug-likeness (QED) is 0.233. The number of fused-ring (bicyclic) bond motifs is 1. The van der Waals surface area contributed by atoms with Gasteiger partial charge in [0.15, 0.2) is 16.0 Å². The molecule has 0 radical (unpaired) electrons. The first-order chi connectivity index (χ1) is 16.6. The minimum atomic E-state index is -3.70. The predicted octanol–water partition coefficient (Wildman–Crippen LogP) is 3.31. The molecule has 0 saturated carbocycles. The van der Waals surface area contributed by atoms with Gasteiger partial charge in [-0.15, -0.1) is 11.8 Å². The van der Waals surface area contributed by atoms with E-state index in [1.807, 2.05) is 6.19 Å². The van der Waals surface area contributed by atoms with E-state index in [0.29, 0.717) is 34.4 Å². The molecule has 0 aromatic heterocycles. The molecule has 0 amide bonds. The molecule has 9 nitrogen and oxygen atoms in total. The van der Waals surface area contributed by atoms with E-state index < -0.39 is 32.2 Å². The van der Waals surface area contributed by atoms with E-state index in [0.717, 1.165) is 0 Å². The fourth-order valence-corrected chi connectivity index (χ4v) is 7.08. The van der Waals surface area contributed by atoms with Crippen LogP contribution in [0.4, 0.5) is 5.69 Å². The Bertz CT molecular complexity index is 1260. The van der Waals surface area contributed by atoms with Crippen LogP contribution in [0.3, 0.4) is 0 Å². The van der Waals surface area contributed by atoms with Gasteiger partial charge in [-0.05, 0) is 56.3 Å². The van der Waals surface area contributed by atoms with Gasteiger partial charge in [0.25, 0.3) is 0 Å². The average Bonchev–Trinajstić information content (AvgIpc) is 2.83. The molecule has 12 heteroatoms. The summed E-state index contributed by atoms with van der Waals surface area (Å²) in [5.74, 6) is 1.08. The zero-order valence-electron chi connectivity index (χ0n) is 19.1. The number of nitrogens with one attached hydrogen (secondary N) is 2. The molecule has 2 aromatic rings. The molecule has 186 valence electrons. The molecular weight excluding hydrogens is 512 g/mol. The van der Waals surface area contributed by atoms with Crippen molar-refractivity contribution in [2.75, 3.05) is 24.3 Å². The van der Waals surface area contributed by atoms with Crippen LogP contribution in [0.1, 0.15) is 25.5 Å². The van der Waals surface area contributed by atoms with Crippen LogP contribution in [0.15, 0.2) is 52.4 Å². The molecule has 2 aliphatic rings. The Labute approximate surface area is 213 Å². The summed E-state index contributed by atoms with van der Waals surface area (Å²) in [6.07, 6.45) is 0.696. The number of guanidine groups is 1. The standard InChI is InChI=1S/C23H25ClN4O5S2/c1-23(2)21(29)20(28-22(26-13-25)27-15-5-3-14(24)4-6-15)17-11-16(7-8-18(17)33-23)35(30,31)19-12-32-9-10-34-19/h3-8,11,19-21,29H,9-10,12H2,1-2H3,(H2,26,27,28)/t19?,20-,21+/m1/s1. The van der Waals surface area contributed by atoms with Gasteiger partial charge >= 0.3 is 0 Å². The first-order valence-electron chi connectivity index (χ1n) is 10.8. The Balaban J connectivity index is 1.75. The third-order valence-corrected chi connectivity index (χ3v) is 9.76. The van der Waals surface area contributed by atoms with Gasteiger partial charge in [0.1, 0.15) is 28.1 Å². The number of sulfone groups is 1. The number of hydrogen-bond donors (Lipinski definition) is 3. The number of nitrogens with zero attached hydrogens (tertiary/aromatic N) is 2. The van der Waals surface area contributed by atoms with E-state index in [4.69, 9.17) is 21.1 Å². The fourth-order valence-electron chi connectivity index (χ4n) is 3.82. The van der Waals surface area contributed by atoms with Crippen LogP contribution in [-0.2, 0) is 14.6 Å². The first kappa shape index (κ1) is 25.6. The normalized spacial score (nSPS) is 24.0. The lowest BCUT2D eigenvalue weighted by Crippen LogP contribution is -2.49. The Hall–Kier alpha value is -2.49. The lowest BCUT2D eigenvalue weighted by Gasteiger charge is -2.41. The Morgan fingerprint density at radius 2 is 2.03 bits per heavy atom. The molecule has 1 saturated heterocycles. The number of aliphatic hydroxyl groups is 1. The van der Waals surface area contributed by atoms with Crippen molar-refractivity contribution in [1.29, 1.82) is 5.26 Å². The number of hydrogen-bond acceptors (Lipinski definition) is 8. The monoisotopic (exact) mass is 536 g/mol. The topological polar surface area (TPSA) is 133 Å². The van der Waals surface area contributed by atoms with Crippen molar-refractivity contribution in [2.45, 2.75) is 41.1 Å². The number of nitriles is 1. The second-order valence-electron chi connectivity index (χ2n) is 8.56. The van der Waals surface area contributed by atoms with Crippen molar-refractivity contribution in [3.63, 3.8) is 0 Å². The zero-order valence-corrected chi connectivity index (χ0v) is 21.5. The summed E-state index contributed by atoms with van der Waals surface area (Å²) in [6, 6.07) is 10.4. The summed E-state index contributed by atoms with van der Waals surface area (Å²) in [6.45, 7) is 4.06. The molecule has 4 rings (SSSR count). The van der Waals surface area contributed by atoms with Crippen molar-refractivity contribution >= 4 is 44.8 Å². The molecular formula is C23H25ClN4O5S2. The van der Waals surface area contributed by atoms with E-state index in [-0.39, 0.29) is 17.5 Å². The summed E-state index contributed by atoms with van der Waals surface area (Å²) in [4.78, 5) is 4.67. The average molecular weight is 537 g/mol. The number of benzene rings is 2. The lowest BCUT2D eigenvalue weighted by molar-refractivity contribution is -0.0568. The second-order valence-corrected chi connectivity index (χ2v) is 12.7. The number of thioether (sulfide) groups is 1. The van der Waals surface area contributed by atoms with Gasteiger partial charge in [-0.25, -0.2) is 13.4 Å². The highest BCUT2D eigenvalue weighted by Crippen LogP contribution is 2.43. The molecule has 2 aromatic carbocycles. The number of ether oxygens (including phenoxy) is 2. The highest BCUT2D eigenvalue weighted by molar-refractivity contribution is 8.13.